The van der Waals surface area contributed by atoms with Gasteiger partial charge in [0, 0.05) is 31.7 Å². The van der Waals surface area contributed by atoms with Crippen LogP contribution in [0.5, 0.6) is 0 Å². The summed E-state index contributed by atoms with van der Waals surface area (Å²) in [6.45, 7) is 7.65. The van der Waals surface area contributed by atoms with Crippen LogP contribution in [0.2, 0.25) is 0 Å². The smallest absolute Gasteiger partial charge is 0.279 e. The number of hydrogen-bond donors (Lipinski definition) is 1. The van der Waals surface area contributed by atoms with Crippen LogP contribution in [0.25, 0.3) is 0 Å². The van der Waals surface area contributed by atoms with Gasteiger partial charge in [-0.1, -0.05) is 32.0 Å². The molecule has 2 aliphatic rings. The van der Waals surface area contributed by atoms with Gasteiger partial charge >= 0.3 is 7.59 Å². The van der Waals surface area contributed by atoms with Crippen molar-refractivity contribution in [2.24, 2.45) is 11.8 Å². The van der Waals surface area contributed by atoms with E-state index >= 15 is 0 Å². The van der Waals surface area contributed by atoms with Crippen LogP contribution in [0.4, 0.5) is 0 Å². The number of benzene rings is 1. The average molecular weight is 363 g/mol. The van der Waals surface area contributed by atoms with E-state index in [2.05, 4.69) is 18.9 Å². The van der Waals surface area contributed by atoms with Crippen molar-refractivity contribution in [3.05, 3.63) is 35.9 Å². The molecule has 1 aromatic rings. The molecule has 3 rings (SSSR count). The fourth-order valence-corrected chi connectivity index (χ4v) is 6.22. The third-order valence-corrected chi connectivity index (χ3v) is 8.40. The molecule has 2 fully saturated rings. The summed E-state index contributed by atoms with van der Waals surface area (Å²) in [7, 11) is -3.08. The molecule has 0 unspecified atom stereocenters. The first kappa shape index (κ1) is 18.6. The van der Waals surface area contributed by atoms with Gasteiger partial charge in [0.15, 0.2) is 0 Å². The van der Waals surface area contributed by atoms with Crippen LogP contribution in [0, 0.1) is 11.8 Å². The largest absolute Gasteiger partial charge is 0.311 e. The van der Waals surface area contributed by atoms with E-state index in [0.29, 0.717) is 17.4 Å². The normalized spacial score (nSPS) is 22.0. The van der Waals surface area contributed by atoms with Gasteiger partial charge in [0.25, 0.3) is 5.91 Å². The molecule has 0 radical (unpaired) electrons. The molecule has 1 amide bonds. The number of hydrogen-bond acceptors (Lipinski definition) is 2. The molecule has 138 valence electrons. The molecule has 0 aliphatic carbocycles. The fraction of sp³-hybridized carbons (Fsp3) is 0.632. The Hall–Kier alpha value is -1.16. The molecule has 0 atom stereocenters. The molecule has 0 aromatic heterocycles. The number of piperidine rings is 2. The summed E-state index contributed by atoms with van der Waals surface area (Å²) < 4.78 is 18.1. The molecule has 0 saturated carbocycles. The van der Waals surface area contributed by atoms with Gasteiger partial charge in [-0.15, -0.1) is 0 Å². The summed E-state index contributed by atoms with van der Waals surface area (Å²) in [6, 6.07) is 9.11. The highest BCUT2D eigenvalue weighted by Gasteiger charge is 2.41. The Morgan fingerprint density at radius 2 is 1.36 bits per heavy atom. The molecule has 1 aromatic carbocycles. The van der Waals surface area contributed by atoms with E-state index in [0.717, 1.165) is 51.9 Å². The Morgan fingerprint density at radius 3 is 1.80 bits per heavy atom. The molecule has 2 saturated heterocycles. The standard InChI is InChI=1S/C19H30N3O2P/c1-16-8-12-21(13-9-16)25(24,22-14-10-17(2)11-15-22)20-19(23)18-6-4-3-5-7-18/h3-7,16-17H,8-15H2,1-2H3,(H,20,23,24). The predicted molar refractivity (Wildman–Crippen MR) is 101 cm³/mol. The SMILES string of the molecule is CC1CCN(P(=O)(NC(=O)c2ccccc2)N2CCC(C)CC2)CC1. The third-order valence-electron chi connectivity index (χ3n) is 5.57. The highest BCUT2D eigenvalue weighted by molar-refractivity contribution is 7.57. The van der Waals surface area contributed by atoms with Crippen LogP contribution in [0.3, 0.4) is 0 Å². The summed E-state index contributed by atoms with van der Waals surface area (Å²) in [5.74, 6) is 1.09. The zero-order chi connectivity index (χ0) is 17.9. The topological polar surface area (TPSA) is 52.7 Å². The Morgan fingerprint density at radius 1 is 0.920 bits per heavy atom. The lowest BCUT2D eigenvalue weighted by molar-refractivity contribution is 0.0970. The van der Waals surface area contributed by atoms with Crippen molar-refractivity contribution in [2.45, 2.75) is 39.5 Å². The summed E-state index contributed by atoms with van der Waals surface area (Å²) in [5, 5.41) is 2.95. The van der Waals surface area contributed by atoms with Crippen LogP contribution >= 0.6 is 7.59 Å². The minimum Gasteiger partial charge on any atom is -0.279 e. The molecule has 2 aliphatic heterocycles. The molecule has 2 heterocycles. The van der Waals surface area contributed by atoms with Gasteiger partial charge < -0.3 is 0 Å². The number of carbonyl (C=O) groups is 1. The molecule has 1 N–H and O–H groups in total. The average Bonchev–Trinajstić information content (AvgIpc) is 2.63. The van der Waals surface area contributed by atoms with Gasteiger partial charge in [0.05, 0.1) is 0 Å². The van der Waals surface area contributed by atoms with Crippen molar-refractivity contribution in [2.75, 3.05) is 26.2 Å². The van der Waals surface area contributed by atoms with E-state index in [1.807, 2.05) is 27.5 Å². The quantitative estimate of drug-likeness (QED) is 0.822. The van der Waals surface area contributed by atoms with Crippen LogP contribution in [0.15, 0.2) is 30.3 Å². The fourth-order valence-electron chi connectivity index (χ4n) is 3.64. The van der Waals surface area contributed by atoms with Crippen LogP contribution in [-0.2, 0) is 4.57 Å². The van der Waals surface area contributed by atoms with E-state index in [-0.39, 0.29) is 5.91 Å². The summed E-state index contributed by atoms with van der Waals surface area (Å²) in [6.07, 6.45) is 4.15. The second kappa shape index (κ2) is 8.03. The summed E-state index contributed by atoms with van der Waals surface area (Å²) >= 11 is 0. The number of nitrogens with zero attached hydrogens (tertiary/aromatic N) is 2. The molecule has 0 bridgehead atoms. The third kappa shape index (κ3) is 4.33. The first-order chi connectivity index (χ1) is 12.0. The van der Waals surface area contributed by atoms with Crippen molar-refractivity contribution < 1.29 is 9.36 Å². The van der Waals surface area contributed by atoms with Gasteiger partial charge in [0.1, 0.15) is 0 Å². The van der Waals surface area contributed by atoms with Gasteiger partial charge in [-0.05, 0) is 49.7 Å². The van der Waals surface area contributed by atoms with E-state index in [1.165, 1.54) is 0 Å². The molecule has 0 spiro atoms. The van der Waals surface area contributed by atoms with Gasteiger partial charge in [-0.3, -0.25) is 14.4 Å². The van der Waals surface area contributed by atoms with E-state index < -0.39 is 7.59 Å². The monoisotopic (exact) mass is 363 g/mol. The predicted octanol–water partition coefficient (Wildman–Crippen LogP) is 3.99. The van der Waals surface area contributed by atoms with E-state index in [9.17, 15) is 9.36 Å². The number of rotatable bonds is 4. The summed E-state index contributed by atoms with van der Waals surface area (Å²) in [4.78, 5) is 12.7. The van der Waals surface area contributed by atoms with Crippen molar-refractivity contribution in [1.29, 1.82) is 0 Å². The highest BCUT2D eigenvalue weighted by Crippen LogP contribution is 2.52. The maximum absolute atomic E-state index is 14.0. The Kier molecular flexibility index (Phi) is 5.98. The Balaban J connectivity index is 1.81. The van der Waals surface area contributed by atoms with Crippen LogP contribution < -0.4 is 5.09 Å². The first-order valence-electron chi connectivity index (χ1n) is 9.47. The molecule has 6 heteroatoms. The van der Waals surface area contributed by atoms with Crippen molar-refractivity contribution in [3.63, 3.8) is 0 Å². The Bertz CT molecular complexity index is 595. The molecular weight excluding hydrogens is 333 g/mol. The lowest BCUT2D eigenvalue weighted by Crippen LogP contribution is -2.46. The molecular formula is C19H30N3O2P. The van der Waals surface area contributed by atoms with Crippen LogP contribution in [-0.4, -0.2) is 41.4 Å². The lowest BCUT2D eigenvalue weighted by Gasteiger charge is -2.43. The van der Waals surface area contributed by atoms with Gasteiger partial charge in [-0.25, -0.2) is 9.34 Å². The first-order valence-corrected chi connectivity index (χ1v) is 11.1. The number of amides is 1. The molecule has 5 nitrogen and oxygen atoms in total. The molecule has 25 heavy (non-hydrogen) atoms. The van der Waals surface area contributed by atoms with Crippen LogP contribution in [0.1, 0.15) is 49.9 Å². The maximum Gasteiger partial charge on any atom is 0.311 e. The summed E-state index contributed by atoms with van der Waals surface area (Å²) in [5.41, 5.74) is 0.568. The minimum absolute atomic E-state index is 0.235. The zero-order valence-electron chi connectivity index (χ0n) is 15.4. The van der Waals surface area contributed by atoms with Crippen molar-refractivity contribution in [3.8, 4) is 0 Å². The highest BCUT2D eigenvalue weighted by atomic mass is 31.2. The second-order valence-corrected chi connectivity index (χ2v) is 10.1. The van der Waals surface area contributed by atoms with Gasteiger partial charge in [0.2, 0.25) is 0 Å². The van der Waals surface area contributed by atoms with E-state index in [1.54, 1.807) is 12.1 Å². The maximum atomic E-state index is 14.0. The van der Waals surface area contributed by atoms with Gasteiger partial charge in [-0.2, -0.15) is 0 Å². The lowest BCUT2D eigenvalue weighted by atomic mass is 10.0. The number of carbonyl (C=O) groups excluding carboxylic acids is 1. The van der Waals surface area contributed by atoms with Crippen molar-refractivity contribution in [1.82, 2.24) is 14.4 Å². The Labute approximate surface area is 151 Å². The van der Waals surface area contributed by atoms with E-state index in [4.69, 9.17) is 0 Å². The van der Waals surface area contributed by atoms with Crippen molar-refractivity contribution >= 4 is 13.5 Å². The second-order valence-electron chi connectivity index (χ2n) is 7.62. The zero-order valence-corrected chi connectivity index (χ0v) is 16.3. The minimum atomic E-state index is -3.08. The number of nitrogens with one attached hydrogen (secondary N) is 1.